The fourth-order valence-corrected chi connectivity index (χ4v) is 4.50. The average Bonchev–Trinajstić information content (AvgIpc) is 3.12. The van der Waals surface area contributed by atoms with Crippen LogP contribution in [0.1, 0.15) is 32.8 Å². The van der Waals surface area contributed by atoms with E-state index in [1.54, 1.807) is 14.2 Å². The monoisotopic (exact) mass is 503 g/mol. The van der Waals surface area contributed by atoms with Crippen molar-refractivity contribution in [2.24, 2.45) is 16.3 Å². The van der Waals surface area contributed by atoms with Crippen LogP contribution in [0, 0.1) is 11.3 Å². The van der Waals surface area contributed by atoms with Crippen molar-refractivity contribution >= 4 is 29.9 Å². The van der Waals surface area contributed by atoms with Crippen LogP contribution in [0.3, 0.4) is 0 Å². The molecule has 28 heavy (non-hydrogen) atoms. The first-order valence-electron chi connectivity index (χ1n) is 9.77. The third-order valence-electron chi connectivity index (χ3n) is 5.96. The molecule has 2 aliphatic rings. The number of nitrogens with one attached hydrogen (secondary N) is 1. The lowest BCUT2D eigenvalue weighted by Crippen LogP contribution is -2.67. The van der Waals surface area contributed by atoms with Gasteiger partial charge in [0.2, 0.25) is 0 Å². The molecule has 2 fully saturated rings. The van der Waals surface area contributed by atoms with Crippen molar-refractivity contribution in [1.82, 2.24) is 10.2 Å². The summed E-state index contributed by atoms with van der Waals surface area (Å²) in [6.45, 7) is 8.95. The minimum atomic E-state index is 0. The molecule has 3 atom stereocenters. The van der Waals surface area contributed by atoms with Crippen LogP contribution in [0.25, 0.3) is 0 Å². The van der Waals surface area contributed by atoms with E-state index in [1.165, 1.54) is 0 Å². The van der Waals surface area contributed by atoms with Crippen molar-refractivity contribution in [3.63, 3.8) is 0 Å². The summed E-state index contributed by atoms with van der Waals surface area (Å²) in [6, 6.07) is 6.32. The standard InChI is InChI=1S/C21H33N3O3.HI/c1-7-22-20(23-18-16-10-11-27-19(16)21(18,2)3)24(4)13-14-8-9-15(25-5)12-17(14)26-6;/h8-9,12,16,18-19H,7,10-11,13H2,1-6H3,(H,22,23);1H. The number of methoxy groups -OCH3 is 2. The Morgan fingerprint density at radius 2 is 2.07 bits per heavy atom. The average molecular weight is 503 g/mol. The van der Waals surface area contributed by atoms with Gasteiger partial charge >= 0.3 is 0 Å². The van der Waals surface area contributed by atoms with Gasteiger partial charge in [-0.1, -0.05) is 13.8 Å². The number of ether oxygens (including phenoxy) is 3. The number of hydrogen-bond acceptors (Lipinski definition) is 4. The second-order valence-electron chi connectivity index (χ2n) is 8.02. The van der Waals surface area contributed by atoms with Crippen LogP contribution in [-0.4, -0.2) is 57.4 Å². The zero-order chi connectivity index (χ0) is 19.6. The highest BCUT2D eigenvalue weighted by molar-refractivity contribution is 14.0. The maximum Gasteiger partial charge on any atom is 0.194 e. The summed E-state index contributed by atoms with van der Waals surface area (Å²) in [5.41, 5.74) is 1.22. The number of benzene rings is 1. The van der Waals surface area contributed by atoms with E-state index in [-0.39, 0.29) is 29.4 Å². The topological polar surface area (TPSA) is 55.3 Å². The van der Waals surface area contributed by atoms with Gasteiger partial charge in [-0.05, 0) is 25.5 Å². The summed E-state index contributed by atoms with van der Waals surface area (Å²) < 4.78 is 16.8. The molecule has 0 amide bonds. The van der Waals surface area contributed by atoms with Crippen molar-refractivity contribution in [3.05, 3.63) is 23.8 Å². The molecule has 1 aromatic carbocycles. The molecule has 7 heteroatoms. The van der Waals surface area contributed by atoms with Gasteiger partial charge in [-0.2, -0.15) is 0 Å². The smallest absolute Gasteiger partial charge is 0.194 e. The van der Waals surface area contributed by atoms with Crippen LogP contribution in [0.4, 0.5) is 0 Å². The van der Waals surface area contributed by atoms with E-state index < -0.39 is 0 Å². The van der Waals surface area contributed by atoms with E-state index in [2.05, 4.69) is 38.0 Å². The molecular formula is C21H34IN3O3. The third-order valence-corrected chi connectivity index (χ3v) is 5.96. The Bertz CT molecular complexity index is 695. The van der Waals surface area contributed by atoms with E-state index in [4.69, 9.17) is 19.2 Å². The second-order valence-corrected chi connectivity index (χ2v) is 8.02. The first kappa shape index (κ1) is 23.1. The van der Waals surface area contributed by atoms with Gasteiger partial charge in [0.15, 0.2) is 5.96 Å². The number of fused-ring (bicyclic) bond motifs is 1. The van der Waals surface area contributed by atoms with Crippen molar-refractivity contribution in [3.8, 4) is 11.5 Å². The third kappa shape index (κ3) is 4.35. The van der Waals surface area contributed by atoms with Crippen LogP contribution in [0.5, 0.6) is 11.5 Å². The van der Waals surface area contributed by atoms with Gasteiger partial charge in [0.05, 0.1) is 20.3 Å². The molecular weight excluding hydrogens is 469 g/mol. The lowest BCUT2D eigenvalue weighted by Gasteiger charge is -2.55. The van der Waals surface area contributed by atoms with Gasteiger partial charge in [0.1, 0.15) is 11.5 Å². The molecule has 0 spiro atoms. The summed E-state index contributed by atoms with van der Waals surface area (Å²) in [7, 11) is 5.42. The number of hydrogen-bond donors (Lipinski definition) is 1. The number of guanidine groups is 1. The Morgan fingerprint density at radius 3 is 2.71 bits per heavy atom. The SMILES string of the molecule is CCN=C(NC1C2CCOC2C1(C)C)N(C)Cc1ccc(OC)cc1OC.I. The molecule has 1 aliphatic carbocycles. The predicted molar refractivity (Wildman–Crippen MR) is 123 cm³/mol. The molecule has 0 bridgehead atoms. The zero-order valence-corrected chi connectivity index (χ0v) is 20.2. The van der Waals surface area contributed by atoms with E-state index >= 15 is 0 Å². The molecule has 3 unspecified atom stereocenters. The summed E-state index contributed by atoms with van der Waals surface area (Å²) in [5.74, 6) is 3.12. The molecule has 1 saturated heterocycles. The first-order valence-corrected chi connectivity index (χ1v) is 9.77. The highest BCUT2D eigenvalue weighted by Crippen LogP contribution is 2.52. The number of rotatable bonds is 6. The quantitative estimate of drug-likeness (QED) is 0.366. The van der Waals surface area contributed by atoms with Gasteiger partial charge < -0.3 is 24.4 Å². The Labute approximate surface area is 186 Å². The lowest BCUT2D eigenvalue weighted by atomic mass is 9.57. The van der Waals surface area contributed by atoms with E-state index in [0.717, 1.165) is 42.6 Å². The molecule has 1 saturated carbocycles. The fourth-order valence-electron chi connectivity index (χ4n) is 4.50. The largest absolute Gasteiger partial charge is 0.497 e. The van der Waals surface area contributed by atoms with Crippen molar-refractivity contribution in [2.75, 3.05) is 34.4 Å². The van der Waals surface area contributed by atoms with Gasteiger partial charge in [-0.3, -0.25) is 4.99 Å². The number of aliphatic imine (C=N–C) groups is 1. The second kappa shape index (κ2) is 9.52. The summed E-state index contributed by atoms with van der Waals surface area (Å²) in [5, 5.41) is 3.73. The summed E-state index contributed by atoms with van der Waals surface area (Å²) in [4.78, 5) is 6.90. The van der Waals surface area contributed by atoms with Gasteiger partial charge in [-0.25, -0.2) is 0 Å². The minimum absolute atomic E-state index is 0. The van der Waals surface area contributed by atoms with E-state index in [1.807, 2.05) is 18.2 Å². The van der Waals surface area contributed by atoms with E-state index in [9.17, 15) is 0 Å². The van der Waals surface area contributed by atoms with Gasteiger partial charge in [0.25, 0.3) is 0 Å². The lowest BCUT2D eigenvalue weighted by molar-refractivity contribution is -0.107. The molecule has 158 valence electrons. The Morgan fingerprint density at radius 1 is 1.32 bits per heavy atom. The van der Waals surface area contributed by atoms with Crippen LogP contribution in [-0.2, 0) is 11.3 Å². The zero-order valence-electron chi connectivity index (χ0n) is 17.8. The summed E-state index contributed by atoms with van der Waals surface area (Å²) in [6.07, 6.45) is 1.49. The number of nitrogens with zero attached hydrogens (tertiary/aromatic N) is 2. The predicted octanol–water partition coefficient (Wildman–Crippen LogP) is 3.53. The molecule has 1 N–H and O–H groups in total. The normalized spacial score (nSPS) is 25.2. The minimum Gasteiger partial charge on any atom is -0.497 e. The Hall–Kier alpha value is -1.22. The highest BCUT2D eigenvalue weighted by Gasteiger charge is 2.59. The molecule has 3 rings (SSSR count). The molecule has 0 aromatic heterocycles. The molecule has 0 radical (unpaired) electrons. The first-order chi connectivity index (χ1) is 12.9. The maximum atomic E-state index is 5.93. The van der Waals surface area contributed by atoms with Crippen molar-refractivity contribution < 1.29 is 14.2 Å². The van der Waals surface area contributed by atoms with Crippen molar-refractivity contribution in [1.29, 1.82) is 0 Å². The van der Waals surface area contributed by atoms with Crippen LogP contribution < -0.4 is 14.8 Å². The highest BCUT2D eigenvalue weighted by atomic mass is 127. The van der Waals surface area contributed by atoms with Crippen LogP contribution >= 0.6 is 24.0 Å². The molecule has 6 nitrogen and oxygen atoms in total. The molecule has 1 aliphatic heterocycles. The van der Waals surface area contributed by atoms with Crippen molar-refractivity contribution in [2.45, 2.75) is 45.9 Å². The molecule has 1 heterocycles. The van der Waals surface area contributed by atoms with Gasteiger partial charge in [0, 0.05) is 55.7 Å². The fraction of sp³-hybridized carbons (Fsp3) is 0.667. The van der Waals surface area contributed by atoms with E-state index in [0.29, 0.717) is 24.6 Å². The van der Waals surface area contributed by atoms with Gasteiger partial charge in [-0.15, -0.1) is 24.0 Å². The van der Waals surface area contributed by atoms with Crippen LogP contribution in [0.2, 0.25) is 0 Å². The maximum absolute atomic E-state index is 5.93. The Kier molecular flexibility index (Phi) is 7.84. The van der Waals surface area contributed by atoms with Crippen LogP contribution in [0.15, 0.2) is 23.2 Å². The summed E-state index contributed by atoms with van der Waals surface area (Å²) >= 11 is 0. The molecule has 1 aromatic rings. The number of halogens is 1. The Balaban J connectivity index is 0.00000280.